The van der Waals surface area contributed by atoms with Gasteiger partial charge in [0.2, 0.25) is 10.0 Å². The molecule has 0 unspecified atom stereocenters. The van der Waals surface area contributed by atoms with Gasteiger partial charge < -0.3 is 5.73 Å². The standard InChI is InChI=1S/C12H14F4N2O2S/c13-9-5-10(17)7-11(6-9)21(19,20)18-3-1-8(2-4-18)12(14,15)16/h5-8H,1-4,17H2. The molecule has 0 atom stereocenters. The molecular formula is C12H14F4N2O2S. The normalized spacial score (nSPS) is 18.9. The average Bonchev–Trinajstić information content (AvgIpc) is 2.36. The van der Waals surface area contributed by atoms with E-state index < -0.39 is 27.9 Å². The van der Waals surface area contributed by atoms with Crippen LogP contribution in [-0.2, 0) is 10.0 Å². The molecular weight excluding hydrogens is 312 g/mol. The summed E-state index contributed by atoms with van der Waals surface area (Å²) in [7, 11) is -4.03. The molecule has 2 rings (SSSR count). The van der Waals surface area contributed by atoms with E-state index in [1.54, 1.807) is 0 Å². The number of halogens is 4. The molecule has 0 spiro atoms. The van der Waals surface area contributed by atoms with E-state index in [2.05, 4.69) is 0 Å². The van der Waals surface area contributed by atoms with E-state index >= 15 is 0 Å². The lowest BCUT2D eigenvalue weighted by molar-refractivity contribution is -0.182. The summed E-state index contributed by atoms with van der Waals surface area (Å²) in [6, 6.07) is 2.87. The molecule has 9 heteroatoms. The Bertz CT molecular complexity index is 602. The molecule has 1 saturated heterocycles. The molecule has 0 amide bonds. The van der Waals surface area contributed by atoms with Crippen molar-refractivity contribution in [3.63, 3.8) is 0 Å². The van der Waals surface area contributed by atoms with Crippen LogP contribution < -0.4 is 5.73 Å². The molecule has 2 N–H and O–H groups in total. The van der Waals surface area contributed by atoms with Crippen LogP contribution >= 0.6 is 0 Å². The number of benzene rings is 1. The number of hydrogen-bond acceptors (Lipinski definition) is 3. The second kappa shape index (κ2) is 5.45. The maximum absolute atomic E-state index is 13.2. The first kappa shape index (κ1) is 16.0. The van der Waals surface area contributed by atoms with Crippen LogP contribution in [0.1, 0.15) is 12.8 Å². The quantitative estimate of drug-likeness (QED) is 0.670. The van der Waals surface area contributed by atoms with E-state index in [9.17, 15) is 26.0 Å². The second-order valence-electron chi connectivity index (χ2n) is 4.94. The van der Waals surface area contributed by atoms with Gasteiger partial charge in [0, 0.05) is 18.8 Å². The Morgan fingerprint density at radius 1 is 1.14 bits per heavy atom. The lowest BCUT2D eigenvalue weighted by atomic mass is 9.98. The third-order valence-electron chi connectivity index (χ3n) is 3.45. The molecule has 4 nitrogen and oxygen atoms in total. The lowest BCUT2D eigenvalue weighted by Gasteiger charge is -2.32. The summed E-state index contributed by atoms with van der Waals surface area (Å²) in [5.74, 6) is -2.31. The Balaban J connectivity index is 2.19. The van der Waals surface area contributed by atoms with Gasteiger partial charge in [-0.05, 0) is 31.0 Å². The lowest BCUT2D eigenvalue weighted by Crippen LogP contribution is -2.42. The first-order valence-electron chi connectivity index (χ1n) is 6.23. The second-order valence-corrected chi connectivity index (χ2v) is 6.88. The zero-order chi connectivity index (χ0) is 15.8. The van der Waals surface area contributed by atoms with Crippen molar-refractivity contribution in [1.29, 1.82) is 0 Å². The van der Waals surface area contributed by atoms with Crippen molar-refractivity contribution >= 4 is 15.7 Å². The summed E-state index contributed by atoms with van der Waals surface area (Å²) in [5, 5.41) is 0. The van der Waals surface area contributed by atoms with Gasteiger partial charge in [0.15, 0.2) is 0 Å². The maximum Gasteiger partial charge on any atom is 0.391 e. The molecule has 0 saturated carbocycles. The highest BCUT2D eigenvalue weighted by molar-refractivity contribution is 7.89. The largest absolute Gasteiger partial charge is 0.399 e. The van der Waals surface area contributed by atoms with Crippen LogP contribution in [0.5, 0.6) is 0 Å². The van der Waals surface area contributed by atoms with Gasteiger partial charge in [-0.3, -0.25) is 0 Å². The first-order chi connectivity index (χ1) is 9.60. The third kappa shape index (κ3) is 3.46. The number of nitrogens with zero attached hydrogens (tertiary/aromatic N) is 1. The smallest absolute Gasteiger partial charge is 0.391 e. The van der Waals surface area contributed by atoms with Gasteiger partial charge in [0.1, 0.15) is 5.82 Å². The minimum atomic E-state index is -4.32. The molecule has 1 heterocycles. The van der Waals surface area contributed by atoms with E-state index in [0.29, 0.717) is 0 Å². The molecule has 21 heavy (non-hydrogen) atoms. The summed E-state index contributed by atoms with van der Waals surface area (Å²) in [6.45, 7) is -0.494. The highest BCUT2D eigenvalue weighted by atomic mass is 32.2. The maximum atomic E-state index is 13.2. The van der Waals surface area contributed by atoms with E-state index in [4.69, 9.17) is 5.73 Å². The van der Waals surface area contributed by atoms with Crippen molar-refractivity contribution in [2.45, 2.75) is 23.9 Å². The number of anilines is 1. The number of rotatable bonds is 2. The van der Waals surface area contributed by atoms with Crippen LogP contribution in [0.15, 0.2) is 23.1 Å². The molecule has 0 aliphatic carbocycles. The fourth-order valence-corrected chi connectivity index (χ4v) is 3.84. The monoisotopic (exact) mass is 326 g/mol. The van der Waals surface area contributed by atoms with Crippen LogP contribution in [0.2, 0.25) is 0 Å². The zero-order valence-electron chi connectivity index (χ0n) is 10.9. The molecule has 0 bridgehead atoms. The number of nitrogens with two attached hydrogens (primary N) is 1. The molecule has 1 aromatic rings. The predicted octanol–water partition coefficient (Wildman–Crippen LogP) is 2.37. The van der Waals surface area contributed by atoms with Crippen LogP contribution in [-0.4, -0.2) is 32.0 Å². The van der Waals surface area contributed by atoms with Crippen LogP contribution in [0, 0.1) is 11.7 Å². The fraction of sp³-hybridized carbons (Fsp3) is 0.500. The Kier molecular flexibility index (Phi) is 4.16. The van der Waals surface area contributed by atoms with Gasteiger partial charge in [-0.1, -0.05) is 0 Å². The van der Waals surface area contributed by atoms with Gasteiger partial charge >= 0.3 is 6.18 Å². The fourth-order valence-electron chi connectivity index (χ4n) is 2.31. The van der Waals surface area contributed by atoms with E-state index in [1.165, 1.54) is 0 Å². The highest BCUT2D eigenvalue weighted by Crippen LogP contribution is 2.35. The highest BCUT2D eigenvalue weighted by Gasteiger charge is 2.43. The molecule has 1 aliphatic heterocycles. The molecule has 0 aromatic heterocycles. The van der Waals surface area contributed by atoms with Crippen molar-refractivity contribution < 1.29 is 26.0 Å². The van der Waals surface area contributed by atoms with E-state index in [0.717, 1.165) is 22.5 Å². The first-order valence-corrected chi connectivity index (χ1v) is 7.67. The molecule has 1 aromatic carbocycles. The van der Waals surface area contributed by atoms with Gasteiger partial charge in [0.25, 0.3) is 0 Å². The molecule has 0 radical (unpaired) electrons. The Morgan fingerprint density at radius 2 is 1.71 bits per heavy atom. The summed E-state index contributed by atoms with van der Waals surface area (Å²) in [4.78, 5) is -0.342. The number of nitrogen functional groups attached to an aromatic ring is 1. The number of sulfonamides is 1. The Hall–Kier alpha value is -1.35. The zero-order valence-corrected chi connectivity index (χ0v) is 11.7. The number of piperidine rings is 1. The number of alkyl halides is 3. The summed E-state index contributed by atoms with van der Waals surface area (Å²) < 4.78 is 76.4. The molecule has 118 valence electrons. The summed E-state index contributed by atoms with van der Waals surface area (Å²) in [5.41, 5.74) is 5.34. The summed E-state index contributed by atoms with van der Waals surface area (Å²) in [6.07, 6.45) is -4.92. The van der Waals surface area contributed by atoms with Crippen LogP contribution in [0.4, 0.5) is 23.2 Å². The number of hydrogen-bond donors (Lipinski definition) is 1. The van der Waals surface area contributed by atoms with Gasteiger partial charge in [-0.15, -0.1) is 0 Å². The van der Waals surface area contributed by atoms with Crippen LogP contribution in [0.25, 0.3) is 0 Å². The van der Waals surface area contributed by atoms with E-state index in [-0.39, 0.29) is 36.5 Å². The minimum absolute atomic E-state index is 0.0567. The topological polar surface area (TPSA) is 63.4 Å². The minimum Gasteiger partial charge on any atom is -0.399 e. The Labute approximate surface area is 119 Å². The Morgan fingerprint density at radius 3 is 2.19 bits per heavy atom. The van der Waals surface area contributed by atoms with Crippen LogP contribution in [0.3, 0.4) is 0 Å². The third-order valence-corrected chi connectivity index (χ3v) is 5.32. The van der Waals surface area contributed by atoms with Crippen molar-refractivity contribution in [3.8, 4) is 0 Å². The van der Waals surface area contributed by atoms with Crippen molar-refractivity contribution in [1.82, 2.24) is 4.31 Å². The van der Waals surface area contributed by atoms with Gasteiger partial charge in [-0.2, -0.15) is 17.5 Å². The SMILES string of the molecule is Nc1cc(F)cc(S(=O)(=O)N2CCC(C(F)(F)F)CC2)c1. The molecule has 1 aliphatic rings. The van der Waals surface area contributed by atoms with Crippen molar-refractivity contribution in [2.75, 3.05) is 18.8 Å². The van der Waals surface area contributed by atoms with Gasteiger partial charge in [-0.25, -0.2) is 12.8 Å². The van der Waals surface area contributed by atoms with Gasteiger partial charge in [0.05, 0.1) is 10.8 Å². The predicted molar refractivity (Wildman–Crippen MR) is 68.4 cm³/mol. The summed E-state index contributed by atoms with van der Waals surface area (Å²) >= 11 is 0. The van der Waals surface area contributed by atoms with Crippen molar-refractivity contribution in [2.24, 2.45) is 5.92 Å². The van der Waals surface area contributed by atoms with Crippen molar-refractivity contribution in [3.05, 3.63) is 24.0 Å². The molecule has 1 fully saturated rings. The van der Waals surface area contributed by atoms with E-state index in [1.807, 2.05) is 0 Å². The average molecular weight is 326 g/mol.